The molecule has 20 heavy (non-hydrogen) atoms. The number of nitrogens with one attached hydrogen (secondary N) is 1. The monoisotopic (exact) mass is 326 g/mol. The van der Waals surface area contributed by atoms with Gasteiger partial charge in [0.15, 0.2) is 4.34 Å². The van der Waals surface area contributed by atoms with Crippen molar-refractivity contribution in [3.8, 4) is 0 Å². The minimum absolute atomic E-state index is 0.100. The molecular formula is C11H7ClN4O2S2. The van der Waals surface area contributed by atoms with Gasteiger partial charge in [0.25, 0.3) is 5.91 Å². The standard InChI is InChI=1S/C11H7ClN4O2S2/c1-19-11-15-14-10(20-11)13-9(17)8-5-3-2-4-6(12)7(5)16-18-8/h2-4H,1H3,(H,13,14,17). The van der Waals surface area contributed by atoms with Crippen LogP contribution in [-0.2, 0) is 0 Å². The van der Waals surface area contributed by atoms with E-state index in [1.165, 1.54) is 23.1 Å². The normalized spacial score (nSPS) is 10.9. The van der Waals surface area contributed by atoms with Gasteiger partial charge in [0, 0.05) is 0 Å². The number of fused-ring (bicyclic) bond motifs is 1. The molecule has 0 unspecified atom stereocenters. The van der Waals surface area contributed by atoms with E-state index < -0.39 is 5.91 Å². The van der Waals surface area contributed by atoms with E-state index in [1.807, 2.05) is 6.26 Å². The first-order valence-corrected chi connectivity index (χ1v) is 7.83. The van der Waals surface area contributed by atoms with Crippen LogP contribution in [0.1, 0.15) is 10.6 Å². The molecule has 6 nitrogen and oxygen atoms in total. The number of aromatic nitrogens is 3. The second kappa shape index (κ2) is 5.39. The zero-order valence-corrected chi connectivity index (χ0v) is 12.5. The van der Waals surface area contributed by atoms with Gasteiger partial charge in [-0.25, -0.2) is 0 Å². The summed E-state index contributed by atoms with van der Waals surface area (Å²) in [5.74, 6) is -0.332. The van der Waals surface area contributed by atoms with Crippen molar-refractivity contribution >= 4 is 56.6 Å². The Morgan fingerprint density at radius 3 is 3.05 bits per heavy atom. The van der Waals surface area contributed by atoms with Crippen molar-refractivity contribution in [2.75, 3.05) is 11.6 Å². The molecule has 0 spiro atoms. The van der Waals surface area contributed by atoms with E-state index in [0.717, 1.165) is 4.34 Å². The van der Waals surface area contributed by atoms with Gasteiger partial charge in [-0.3, -0.25) is 10.1 Å². The van der Waals surface area contributed by atoms with Crippen LogP contribution in [0.25, 0.3) is 10.9 Å². The highest BCUT2D eigenvalue weighted by Gasteiger charge is 2.19. The molecule has 0 aliphatic carbocycles. The maximum absolute atomic E-state index is 12.1. The SMILES string of the molecule is CSc1nnc(NC(=O)c2onc3c(Cl)cccc23)s1. The third kappa shape index (κ3) is 2.37. The number of nitrogens with zero attached hydrogens (tertiary/aromatic N) is 3. The van der Waals surface area contributed by atoms with Gasteiger partial charge in [0.1, 0.15) is 5.52 Å². The van der Waals surface area contributed by atoms with Crippen LogP contribution in [0.3, 0.4) is 0 Å². The van der Waals surface area contributed by atoms with Crippen LogP contribution < -0.4 is 5.32 Å². The highest BCUT2D eigenvalue weighted by Crippen LogP contribution is 2.27. The summed E-state index contributed by atoms with van der Waals surface area (Å²) in [6, 6.07) is 5.14. The molecule has 2 heterocycles. The van der Waals surface area contributed by atoms with E-state index in [4.69, 9.17) is 16.1 Å². The first kappa shape index (κ1) is 13.3. The Bertz CT molecular complexity index is 786. The van der Waals surface area contributed by atoms with Crippen LogP contribution in [0.4, 0.5) is 5.13 Å². The summed E-state index contributed by atoms with van der Waals surface area (Å²) in [6.45, 7) is 0. The fraction of sp³-hybridized carbons (Fsp3) is 0.0909. The number of halogens is 1. The zero-order chi connectivity index (χ0) is 14.1. The largest absolute Gasteiger partial charge is 0.350 e. The number of benzene rings is 1. The second-order valence-electron chi connectivity index (χ2n) is 3.68. The first-order valence-electron chi connectivity index (χ1n) is 5.42. The smallest absolute Gasteiger partial charge is 0.296 e. The molecule has 102 valence electrons. The lowest BCUT2D eigenvalue weighted by Gasteiger charge is -1.96. The lowest BCUT2D eigenvalue weighted by atomic mass is 10.2. The summed E-state index contributed by atoms with van der Waals surface area (Å²) in [4.78, 5) is 12.1. The van der Waals surface area contributed by atoms with Crippen molar-refractivity contribution in [1.82, 2.24) is 15.4 Å². The van der Waals surface area contributed by atoms with E-state index >= 15 is 0 Å². The second-order valence-corrected chi connectivity index (χ2v) is 6.12. The minimum Gasteiger partial charge on any atom is -0.350 e. The number of carbonyl (C=O) groups excluding carboxylic acids is 1. The van der Waals surface area contributed by atoms with Gasteiger partial charge in [0.05, 0.1) is 10.4 Å². The number of rotatable bonds is 3. The van der Waals surface area contributed by atoms with Crippen molar-refractivity contribution in [3.63, 3.8) is 0 Å². The van der Waals surface area contributed by atoms with Crippen LogP contribution in [0.15, 0.2) is 27.1 Å². The third-order valence-electron chi connectivity index (χ3n) is 2.47. The lowest BCUT2D eigenvalue weighted by molar-refractivity contribution is 0.0990. The molecule has 0 aliphatic rings. The molecule has 9 heteroatoms. The minimum atomic E-state index is -0.432. The molecule has 3 rings (SSSR count). The fourth-order valence-corrected chi connectivity index (χ4v) is 2.97. The van der Waals surface area contributed by atoms with E-state index in [-0.39, 0.29) is 5.76 Å². The number of carbonyl (C=O) groups is 1. The highest BCUT2D eigenvalue weighted by molar-refractivity contribution is 8.00. The van der Waals surface area contributed by atoms with E-state index in [9.17, 15) is 4.79 Å². The van der Waals surface area contributed by atoms with Gasteiger partial charge >= 0.3 is 0 Å². The molecule has 2 aromatic heterocycles. The Morgan fingerprint density at radius 1 is 1.45 bits per heavy atom. The quantitative estimate of drug-likeness (QED) is 0.587. The predicted octanol–water partition coefficient (Wildman–Crippen LogP) is 3.31. The number of hydrogen-bond donors (Lipinski definition) is 1. The van der Waals surface area contributed by atoms with Gasteiger partial charge in [0.2, 0.25) is 10.9 Å². The average molecular weight is 327 g/mol. The fourth-order valence-electron chi connectivity index (χ4n) is 1.59. The van der Waals surface area contributed by atoms with E-state index in [0.29, 0.717) is 21.1 Å². The Morgan fingerprint density at radius 2 is 2.30 bits per heavy atom. The molecule has 0 saturated carbocycles. The summed E-state index contributed by atoms with van der Waals surface area (Å²) in [6.07, 6.45) is 1.89. The Hall–Kier alpha value is -1.64. The maximum atomic E-state index is 12.1. The van der Waals surface area contributed by atoms with Crippen molar-refractivity contribution < 1.29 is 9.32 Å². The molecule has 1 N–H and O–H groups in total. The molecule has 0 fully saturated rings. The molecular weight excluding hydrogens is 320 g/mol. The predicted molar refractivity (Wildman–Crippen MR) is 78.7 cm³/mol. The molecule has 0 radical (unpaired) electrons. The van der Waals surface area contributed by atoms with Crippen LogP contribution >= 0.6 is 34.7 Å². The van der Waals surface area contributed by atoms with Crippen LogP contribution in [0, 0.1) is 0 Å². The summed E-state index contributed by atoms with van der Waals surface area (Å²) in [5.41, 5.74) is 0.460. The lowest BCUT2D eigenvalue weighted by Crippen LogP contribution is -2.11. The zero-order valence-electron chi connectivity index (χ0n) is 10.1. The Balaban J connectivity index is 1.91. The summed E-state index contributed by atoms with van der Waals surface area (Å²) < 4.78 is 5.84. The summed E-state index contributed by atoms with van der Waals surface area (Å²) in [5, 5.41) is 15.6. The molecule has 1 amide bonds. The number of anilines is 1. The molecule has 0 aliphatic heterocycles. The molecule has 0 atom stereocenters. The maximum Gasteiger partial charge on any atom is 0.296 e. The van der Waals surface area contributed by atoms with Gasteiger partial charge < -0.3 is 4.52 Å². The van der Waals surface area contributed by atoms with Gasteiger partial charge in [-0.1, -0.05) is 45.9 Å². The van der Waals surface area contributed by atoms with Crippen molar-refractivity contribution in [1.29, 1.82) is 0 Å². The van der Waals surface area contributed by atoms with Crippen LogP contribution in [0.2, 0.25) is 5.02 Å². The first-order chi connectivity index (χ1) is 9.69. The molecule has 0 saturated heterocycles. The van der Waals surface area contributed by atoms with E-state index in [2.05, 4.69) is 20.7 Å². The van der Waals surface area contributed by atoms with Crippen LogP contribution in [-0.4, -0.2) is 27.5 Å². The van der Waals surface area contributed by atoms with Gasteiger partial charge in [-0.15, -0.1) is 10.2 Å². The van der Waals surface area contributed by atoms with Crippen LogP contribution in [0.5, 0.6) is 0 Å². The van der Waals surface area contributed by atoms with Crippen molar-refractivity contribution in [3.05, 3.63) is 29.0 Å². The molecule has 3 aromatic rings. The highest BCUT2D eigenvalue weighted by atomic mass is 35.5. The van der Waals surface area contributed by atoms with Gasteiger partial charge in [-0.05, 0) is 18.4 Å². The number of hydrogen-bond acceptors (Lipinski definition) is 7. The topological polar surface area (TPSA) is 80.9 Å². The number of amides is 1. The Labute approximate surface area is 126 Å². The molecule has 0 bridgehead atoms. The summed E-state index contributed by atoms with van der Waals surface area (Å²) in [7, 11) is 0. The third-order valence-corrected chi connectivity index (χ3v) is 4.59. The molecule has 1 aromatic carbocycles. The van der Waals surface area contributed by atoms with Crippen molar-refractivity contribution in [2.24, 2.45) is 0 Å². The average Bonchev–Trinajstić information content (AvgIpc) is 3.05. The van der Waals surface area contributed by atoms with E-state index in [1.54, 1.807) is 18.2 Å². The van der Waals surface area contributed by atoms with Crippen molar-refractivity contribution in [2.45, 2.75) is 4.34 Å². The Kier molecular flexibility index (Phi) is 3.60. The van der Waals surface area contributed by atoms with Gasteiger partial charge in [-0.2, -0.15) is 0 Å². The summed E-state index contributed by atoms with van der Waals surface area (Å²) >= 11 is 8.73. The number of thioether (sulfide) groups is 1.